The van der Waals surface area contributed by atoms with Crippen LogP contribution in [0.3, 0.4) is 0 Å². The van der Waals surface area contributed by atoms with E-state index in [1.807, 2.05) is 0 Å². The van der Waals surface area contributed by atoms with Gasteiger partial charge in [-0.25, -0.2) is 8.42 Å². The number of hydrogen-bond acceptors (Lipinski definition) is 5. The highest BCUT2D eigenvalue weighted by atomic mass is 32.2. The molecule has 2 aromatic carbocycles. The van der Waals surface area contributed by atoms with E-state index >= 15 is 0 Å². The standard InChI is InChI=1S/C18H19F3N2O4S/c1-22-13-9-14-15(26-2)7-8-16(17(14)27-10-13)28(24,25)23-12-5-3-11(4-6-12)18(19,20)21/h3-8,13,22-23H,9-10H2,1-2H3/t13-/m1/s1. The van der Waals surface area contributed by atoms with Crippen LogP contribution in [-0.2, 0) is 22.6 Å². The van der Waals surface area contributed by atoms with Crippen LogP contribution in [0.4, 0.5) is 18.9 Å². The van der Waals surface area contributed by atoms with Crippen molar-refractivity contribution in [1.29, 1.82) is 0 Å². The molecule has 2 N–H and O–H groups in total. The quantitative estimate of drug-likeness (QED) is 0.784. The summed E-state index contributed by atoms with van der Waals surface area (Å²) in [6, 6.07) is 6.64. The van der Waals surface area contributed by atoms with E-state index < -0.39 is 21.8 Å². The van der Waals surface area contributed by atoms with Crippen molar-refractivity contribution in [2.24, 2.45) is 0 Å². The molecule has 1 aliphatic heterocycles. The predicted molar refractivity (Wildman–Crippen MR) is 97.3 cm³/mol. The fourth-order valence-corrected chi connectivity index (χ4v) is 4.18. The van der Waals surface area contributed by atoms with Crippen LogP contribution in [0.2, 0.25) is 0 Å². The van der Waals surface area contributed by atoms with Gasteiger partial charge < -0.3 is 14.8 Å². The van der Waals surface area contributed by atoms with E-state index in [4.69, 9.17) is 9.47 Å². The van der Waals surface area contributed by atoms with Crippen LogP contribution in [0.5, 0.6) is 11.5 Å². The van der Waals surface area contributed by atoms with E-state index in [9.17, 15) is 21.6 Å². The van der Waals surface area contributed by atoms with Crippen molar-refractivity contribution in [2.45, 2.75) is 23.5 Å². The van der Waals surface area contributed by atoms with E-state index in [-0.39, 0.29) is 29.0 Å². The minimum atomic E-state index is -4.50. The summed E-state index contributed by atoms with van der Waals surface area (Å²) in [6.07, 6.45) is -3.98. The summed E-state index contributed by atoms with van der Waals surface area (Å²) in [5.74, 6) is 0.689. The Bertz CT molecular complexity index is 960. The number of halogens is 3. The number of nitrogens with one attached hydrogen (secondary N) is 2. The van der Waals surface area contributed by atoms with Gasteiger partial charge in [0, 0.05) is 17.3 Å². The lowest BCUT2D eigenvalue weighted by Gasteiger charge is -2.28. The first kappa shape index (κ1) is 20.3. The number of methoxy groups -OCH3 is 1. The fraction of sp³-hybridized carbons (Fsp3) is 0.333. The normalized spacial score (nSPS) is 16.8. The van der Waals surface area contributed by atoms with Crippen LogP contribution >= 0.6 is 0 Å². The van der Waals surface area contributed by atoms with Gasteiger partial charge >= 0.3 is 6.18 Å². The SMILES string of the molecule is CN[C@H]1COc2c(S(=O)(=O)Nc3ccc(C(F)(F)F)cc3)ccc(OC)c2C1. The molecule has 0 fully saturated rings. The minimum Gasteiger partial charge on any atom is -0.496 e. The van der Waals surface area contributed by atoms with Crippen LogP contribution in [0.15, 0.2) is 41.3 Å². The van der Waals surface area contributed by atoms with Crippen molar-refractivity contribution in [3.8, 4) is 11.5 Å². The molecule has 0 saturated heterocycles. The van der Waals surface area contributed by atoms with Crippen LogP contribution in [-0.4, -0.2) is 35.2 Å². The molecule has 10 heteroatoms. The maximum atomic E-state index is 12.8. The molecule has 0 amide bonds. The lowest BCUT2D eigenvalue weighted by atomic mass is 10.0. The van der Waals surface area contributed by atoms with Gasteiger partial charge in [-0.05, 0) is 49.9 Å². The zero-order valence-electron chi connectivity index (χ0n) is 15.1. The zero-order chi connectivity index (χ0) is 20.5. The molecule has 1 atom stereocenters. The van der Waals surface area contributed by atoms with Gasteiger partial charge in [0.05, 0.1) is 12.7 Å². The topological polar surface area (TPSA) is 76.7 Å². The number of hydrogen-bond donors (Lipinski definition) is 2. The number of anilines is 1. The lowest BCUT2D eigenvalue weighted by Crippen LogP contribution is -2.37. The summed E-state index contributed by atoms with van der Waals surface area (Å²) in [7, 11) is -0.829. The Balaban J connectivity index is 1.94. The van der Waals surface area contributed by atoms with E-state index in [1.165, 1.54) is 19.2 Å². The van der Waals surface area contributed by atoms with E-state index in [2.05, 4.69) is 10.0 Å². The summed E-state index contributed by atoms with van der Waals surface area (Å²) in [4.78, 5) is -0.0993. The highest BCUT2D eigenvalue weighted by molar-refractivity contribution is 7.92. The number of ether oxygens (including phenoxy) is 2. The molecule has 152 valence electrons. The summed E-state index contributed by atoms with van der Waals surface area (Å²) in [5, 5.41) is 3.07. The average molecular weight is 416 g/mol. The average Bonchev–Trinajstić information content (AvgIpc) is 2.65. The molecular weight excluding hydrogens is 397 g/mol. The van der Waals surface area contributed by atoms with Crippen LogP contribution < -0.4 is 19.5 Å². The second-order valence-electron chi connectivity index (χ2n) is 6.25. The third-order valence-electron chi connectivity index (χ3n) is 4.44. The molecule has 1 aliphatic rings. The van der Waals surface area contributed by atoms with Gasteiger partial charge in [-0.2, -0.15) is 13.2 Å². The Morgan fingerprint density at radius 2 is 1.82 bits per heavy atom. The van der Waals surface area contributed by atoms with E-state index in [0.717, 1.165) is 24.3 Å². The molecule has 3 rings (SSSR count). The first-order chi connectivity index (χ1) is 13.2. The highest BCUT2D eigenvalue weighted by Crippen LogP contribution is 2.39. The molecule has 0 bridgehead atoms. The number of sulfonamides is 1. The number of benzene rings is 2. The Kier molecular flexibility index (Phi) is 5.44. The zero-order valence-corrected chi connectivity index (χ0v) is 15.9. The van der Waals surface area contributed by atoms with Crippen molar-refractivity contribution < 1.29 is 31.1 Å². The number of alkyl halides is 3. The largest absolute Gasteiger partial charge is 0.496 e. The molecule has 28 heavy (non-hydrogen) atoms. The van der Waals surface area contributed by atoms with Gasteiger partial charge in [0.2, 0.25) is 0 Å². The van der Waals surface area contributed by atoms with Gasteiger partial charge in [-0.3, -0.25) is 4.72 Å². The summed E-state index contributed by atoms with van der Waals surface area (Å²) in [6.45, 7) is 0.277. The van der Waals surface area contributed by atoms with Crippen LogP contribution in [0.25, 0.3) is 0 Å². The van der Waals surface area contributed by atoms with Gasteiger partial charge in [0.1, 0.15) is 23.0 Å². The lowest BCUT2D eigenvalue weighted by molar-refractivity contribution is -0.137. The molecule has 0 radical (unpaired) electrons. The van der Waals surface area contributed by atoms with Crippen molar-refractivity contribution in [3.05, 3.63) is 47.5 Å². The Labute approximate surface area is 160 Å². The van der Waals surface area contributed by atoms with Gasteiger partial charge in [0.15, 0.2) is 0 Å². The summed E-state index contributed by atoms with van der Waals surface area (Å²) < 4.78 is 77.0. The summed E-state index contributed by atoms with van der Waals surface area (Å²) in [5.41, 5.74) is -0.233. The van der Waals surface area contributed by atoms with Crippen molar-refractivity contribution in [3.63, 3.8) is 0 Å². The van der Waals surface area contributed by atoms with Gasteiger partial charge in [0.25, 0.3) is 10.0 Å². The maximum absolute atomic E-state index is 12.8. The van der Waals surface area contributed by atoms with E-state index in [0.29, 0.717) is 17.7 Å². The highest BCUT2D eigenvalue weighted by Gasteiger charge is 2.31. The number of fused-ring (bicyclic) bond motifs is 1. The third-order valence-corrected chi connectivity index (χ3v) is 5.85. The summed E-state index contributed by atoms with van der Waals surface area (Å²) >= 11 is 0. The van der Waals surface area contributed by atoms with Crippen LogP contribution in [0, 0.1) is 0 Å². The Hall–Kier alpha value is -2.46. The third kappa shape index (κ3) is 4.02. The maximum Gasteiger partial charge on any atom is 0.416 e. The van der Waals surface area contributed by atoms with E-state index in [1.54, 1.807) is 7.05 Å². The molecule has 0 saturated carbocycles. The fourth-order valence-electron chi connectivity index (χ4n) is 2.95. The van der Waals surface area contributed by atoms with Gasteiger partial charge in [-0.1, -0.05) is 0 Å². The molecule has 0 aliphatic carbocycles. The van der Waals surface area contributed by atoms with Crippen molar-refractivity contribution in [2.75, 3.05) is 25.5 Å². The molecule has 0 spiro atoms. The molecule has 6 nitrogen and oxygen atoms in total. The molecule has 1 heterocycles. The smallest absolute Gasteiger partial charge is 0.416 e. The van der Waals surface area contributed by atoms with Crippen molar-refractivity contribution in [1.82, 2.24) is 5.32 Å². The minimum absolute atomic E-state index is 0.00206. The monoisotopic (exact) mass is 416 g/mol. The van der Waals surface area contributed by atoms with Crippen molar-refractivity contribution >= 4 is 15.7 Å². The number of likely N-dealkylation sites (N-methyl/N-ethyl adjacent to an activating group) is 1. The van der Waals surface area contributed by atoms with Gasteiger partial charge in [-0.15, -0.1) is 0 Å². The molecule has 0 unspecified atom stereocenters. The van der Waals surface area contributed by atoms with Crippen LogP contribution in [0.1, 0.15) is 11.1 Å². The Morgan fingerprint density at radius 1 is 1.14 bits per heavy atom. The molecule has 2 aromatic rings. The first-order valence-electron chi connectivity index (χ1n) is 8.35. The second kappa shape index (κ2) is 7.51. The Morgan fingerprint density at radius 3 is 2.39 bits per heavy atom. The molecular formula is C18H19F3N2O4S. The molecule has 0 aromatic heterocycles. The first-order valence-corrected chi connectivity index (χ1v) is 9.84. The predicted octanol–water partition coefficient (Wildman–Crippen LogP) is 3.04. The second-order valence-corrected chi connectivity index (χ2v) is 7.91. The number of rotatable bonds is 5.